The molecule has 0 aromatic carbocycles. The third-order valence-electron chi connectivity index (χ3n) is 8.04. The van der Waals surface area contributed by atoms with Crippen LogP contribution in [-0.2, 0) is 0 Å². The van der Waals surface area contributed by atoms with Crippen molar-refractivity contribution in [3.05, 3.63) is 23.8 Å². The van der Waals surface area contributed by atoms with E-state index in [9.17, 15) is 5.11 Å². The summed E-state index contributed by atoms with van der Waals surface area (Å²) in [7, 11) is 0. The van der Waals surface area contributed by atoms with E-state index in [0.717, 1.165) is 36.5 Å². The molecular formula is C21H32O. The lowest BCUT2D eigenvalue weighted by Crippen LogP contribution is -2.52. The zero-order valence-electron chi connectivity index (χ0n) is 14.5. The molecule has 0 amide bonds. The predicted octanol–water partition coefficient (Wildman–Crippen LogP) is 5.11. The highest BCUT2D eigenvalue weighted by molar-refractivity contribution is 5.28. The summed E-state index contributed by atoms with van der Waals surface area (Å²) in [6.45, 7) is 7.41. The Balaban J connectivity index is 1.75. The number of hydrogen-bond acceptors (Lipinski definition) is 1. The third-order valence-corrected chi connectivity index (χ3v) is 8.04. The second-order valence-corrected chi connectivity index (χ2v) is 9.05. The van der Waals surface area contributed by atoms with Gasteiger partial charge in [-0.05, 0) is 79.4 Å². The van der Waals surface area contributed by atoms with Gasteiger partial charge in [-0.2, -0.15) is 0 Å². The maximum absolute atomic E-state index is 10.2. The summed E-state index contributed by atoms with van der Waals surface area (Å²) < 4.78 is 0. The minimum atomic E-state index is -0.0876. The van der Waals surface area contributed by atoms with Crippen LogP contribution in [0.4, 0.5) is 0 Å². The van der Waals surface area contributed by atoms with Crippen LogP contribution < -0.4 is 0 Å². The fourth-order valence-electron chi connectivity index (χ4n) is 6.68. The summed E-state index contributed by atoms with van der Waals surface area (Å²) in [5.74, 6) is 3.31. The molecule has 0 saturated heterocycles. The Morgan fingerprint density at radius 1 is 1.18 bits per heavy atom. The molecular weight excluding hydrogens is 268 g/mol. The topological polar surface area (TPSA) is 20.2 Å². The SMILES string of the molecule is CCC1C=C2CC(O)CC[C@]2(C)[C@@H]2CC[C@]3(C)C=CC[C@H]3[C@H]12. The van der Waals surface area contributed by atoms with Crippen LogP contribution in [-0.4, -0.2) is 11.2 Å². The molecule has 0 aromatic rings. The standard InChI is InChI=1S/C21H32O/c1-4-14-12-15-13-16(22)7-11-21(15,3)18-8-10-20(2)9-5-6-17(20)19(14)18/h5,9,12,14,16-19,22H,4,6-8,10-11,13H2,1-3H3/t14?,16?,17-,18+,19-,20-,21-/m0/s1. The van der Waals surface area contributed by atoms with Gasteiger partial charge in [-0.15, -0.1) is 0 Å². The monoisotopic (exact) mass is 300 g/mol. The van der Waals surface area contributed by atoms with Gasteiger partial charge in [0.05, 0.1) is 6.10 Å². The number of aliphatic hydroxyl groups excluding tert-OH is 1. The van der Waals surface area contributed by atoms with Crippen LogP contribution in [0.3, 0.4) is 0 Å². The average Bonchev–Trinajstić information content (AvgIpc) is 2.89. The maximum atomic E-state index is 10.2. The molecule has 2 saturated carbocycles. The predicted molar refractivity (Wildman–Crippen MR) is 91.4 cm³/mol. The fraction of sp³-hybridized carbons (Fsp3) is 0.810. The lowest BCUT2D eigenvalue weighted by Gasteiger charge is -2.59. The Kier molecular flexibility index (Phi) is 3.39. The zero-order valence-corrected chi connectivity index (χ0v) is 14.5. The fourth-order valence-corrected chi connectivity index (χ4v) is 6.68. The normalized spacial score (nSPS) is 53.5. The van der Waals surface area contributed by atoms with Crippen molar-refractivity contribution < 1.29 is 5.11 Å². The van der Waals surface area contributed by atoms with E-state index >= 15 is 0 Å². The zero-order chi connectivity index (χ0) is 15.5. The van der Waals surface area contributed by atoms with Gasteiger partial charge in [0, 0.05) is 0 Å². The molecule has 0 spiro atoms. The highest BCUT2D eigenvalue weighted by atomic mass is 16.3. The van der Waals surface area contributed by atoms with E-state index in [1.807, 2.05) is 0 Å². The molecule has 2 unspecified atom stereocenters. The number of fused-ring (bicyclic) bond motifs is 5. The van der Waals surface area contributed by atoms with Crippen LogP contribution in [0.1, 0.15) is 65.7 Å². The van der Waals surface area contributed by atoms with Gasteiger partial charge in [-0.1, -0.05) is 44.6 Å². The molecule has 1 heteroatoms. The largest absolute Gasteiger partial charge is 0.393 e. The van der Waals surface area contributed by atoms with E-state index in [2.05, 4.69) is 39.0 Å². The van der Waals surface area contributed by atoms with Crippen molar-refractivity contribution in [3.63, 3.8) is 0 Å². The first-order valence-corrected chi connectivity index (χ1v) is 9.55. The third kappa shape index (κ3) is 1.94. The first kappa shape index (κ1) is 15.0. The lowest BCUT2D eigenvalue weighted by molar-refractivity contribution is -0.0488. The summed E-state index contributed by atoms with van der Waals surface area (Å²) in [6, 6.07) is 0. The molecule has 1 N–H and O–H groups in total. The highest BCUT2D eigenvalue weighted by Gasteiger charge is 2.56. The summed E-state index contributed by atoms with van der Waals surface area (Å²) in [5.41, 5.74) is 2.44. The first-order chi connectivity index (χ1) is 10.5. The smallest absolute Gasteiger partial charge is 0.0577 e. The molecule has 0 aliphatic heterocycles. The van der Waals surface area contributed by atoms with E-state index in [0.29, 0.717) is 10.8 Å². The number of allylic oxidation sites excluding steroid dienone is 3. The maximum Gasteiger partial charge on any atom is 0.0577 e. The van der Waals surface area contributed by atoms with Crippen molar-refractivity contribution in [3.8, 4) is 0 Å². The van der Waals surface area contributed by atoms with E-state index in [-0.39, 0.29) is 6.10 Å². The second-order valence-electron chi connectivity index (χ2n) is 9.05. The molecule has 0 aromatic heterocycles. The van der Waals surface area contributed by atoms with Crippen molar-refractivity contribution >= 4 is 0 Å². The summed E-state index contributed by atoms with van der Waals surface area (Å²) >= 11 is 0. The summed E-state index contributed by atoms with van der Waals surface area (Å²) in [6.07, 6.45) is 16.0. The molecule has 0 bridgehead atoms. The van der Waals surface area contributed by atoms with Crippen LogP contribution in [0.2, 0.25) is 0 Å². The lowest BCUT2D eigenvalue weighted by atomic mass is 9.46. The molecule has 22 heavy (non-hydrogen) atoms. The average molecular weight is 300 g/mol. The Hall–Kier alpha value is -0.560. The van der Waals surface area contributed by atoms with Gasteiger partial charge in [0.1, 0.15) is 0 Å². The van der Waals surface area contributed by atoms with Gasteiger partial charge in [0.15, 0.2) is 0 Å². The van der Waals surface area contributed by atoms with E-state index in [4.69, 9.17) is 0 Å². The molecule has 7 atom stereocenters. The molecule has 0 heterocycles. The van der Waals surface area contributed by atoms with Crippen LogP contribution in [0.15, 0.2) is 23.8 Å². The van der Waals surface area contributed by atoms with Crippen molar-refractivity contribution in [2.75, 3.05) is 0 Å². The molecule has 122 valence electrons. The summed E-state index contributed by atoms with van der Waals surface area (Å²) in [4.78, 5) is 0. The number of aliphatic hydroxyl groups is 1. The van der Waals surface area contributed by atoms with E-state index < -0.39 is 0 Å². The van der Waals surface area contributed by atoms with Crippen molar-refractivity contribution in [2.45, 2.75) is 71.8 Å². The number of rotatable bonds is 1. The van der Waals surface area contributed by atoms with Crippen LogP contribution in [0, 0.1) is 34.5 Å². The van der Waals surface area contributed by atoms with Crippen molar-refractivity contribution in [1.82, 2.24) is 0 Å². The van der Waals surface area contributed by atoms with Gasteiger partial charge >= 0.3 is 0 Å². The molecule has 4 aliphatic carbocycles. The Labute approximate surface area is 135 Å². The van der Waals surface area contributed by atoms with Crippen molar-refractivity contribution in [2.24, 2.45) is 34.5 Å². The molecule has 2 fully saturated rings. The highest BCUT2D eigenvalue weighted by Crippen LogP contribution is 2.64. The van der Waals surface area contributed by atoms with E-state index in [1.54, 1.807) is 5.57 Å². The molecule has 0 radical (unpaired) electrons. The van der Waals surface area contributed by atoms with Crippen molar-refractivity contribution in [1.29, 1.82) is 0 Å². The second kappa shape index (κ2) is 4.97. The van der Waals surface area contributed by atoms with Gasteiger partial charge in [-0.3, -0.25) is 0 Å². The minimum absolute atomic E-state index is 0.0876. The van der Waals surface area contributed by atoms with E-state index in [1.165, 1.54) is 32.1 Å². The van der Waals surface area contributed by atoms with Crippen LogP contribution in [0.25, 0.3) is 0 Å². The molecule has 4 rings (SSSR count). The van der Waals surface area contributed by atoms with Crippen LogP contribution in [0.5, 0.6) is 0 Å². The van der Waals surface area contributed by atoms with Gasteiger partial charge in [0.2, 0.25) is 0 Å². The number of hydrogen-bond donors (Lipinski definition) is 1. The van der Waals surface area contributed by atoms with Gasteiger partial charge in [-0.25, -0.2) is 0 Å². The molecule has 1 nitrogen and oxygen atoms in total. The molecule has 4 aliphatic rings. The quantitative estimate of drug-likeness (QED) is 0.667. The Morgan fingerprint density at radius 2 is 2.00 bits per heavy atom. The van der Waals surface area contributed by atoms with Gasteiger partial charge < -0.3 is 5.11 Å². The summed E-state index contributed by atoms with van der Waals surface area (Å²) in [5, 5.41) is 10.2. The Bertz CT molecular complexity index is 518. The Morgan fingerprint density at radius 3 is 2.77 bits per heavy atom. The first-order valence-electron chi connectivity index (χ1n) is 9.55. The van der Waals surface area contributed by atoms with Gasteiger partial charge in [0.25, 0.3) is 0 Å². The van der Waals surface area contributed by atoms with Crippen LogP contribution >= 0.6 is 0 Å². The minimum Gasteiger partial charge on any atom is -0.393 e.